The molecule has 0 unspecified atom stereocenters. The van der Waals surface area contributed by atoms with Crippen molar-refractivity contribution in [3.8, 4) is 22.9 Å². The Hall–Kier alpha value is -3.52. The highest BCUT2D eigenvalue weighted by atomic mass is 32.2. The number of ether oxygens (including phenoxy) is 1. The number of nitrogens with zero attached hydrogens (tertiary/aromatic N) is 3. The second-order valence-electron chi connectivity index (χ2n) is 5.99. The fourth-order valence-electron chi connectivity index (χ4n) is 2.85. The molecule has 30 heavy (non-hydrogen) atoms. The minimum Gasteiger partial charge on any atom is -0.494 e. The van der Waals surface area contributed by atoms with Gasteiger partial charge in [-0.3, -0.25) is 4.72 Å². The van der Waals surface area contributed by atoms with Gasteiger partial charge in [0.25, 0.3) is 16.4 Å². The van der Waals surface area contributed by atoms with Crippen LogP contribution >= 0.6 is 0 Å². The molecule has 1 aromatic heterocycles. The Morgan fingerprint density at radius 1 is 1.23 bits per heavy atom. The van der Waals surface area contributed by atoms with Gasteiger partial charge in [-0.05, 0) is 29.8 Å². The number of nitriles is 1. The summed E-state index contributed by atoms with van der Waals surface area (Å²) in [6.07, 6.45) is -3.11. The van der Waals surface area contributed by atoms with Gasteiger partial charge in [0.2, 0.25) is 0 Å². The summed E-state index contributed by atoms with van der Waals surface area (Å²) in [6, 6.07) is 12.4. The Labute approximate surface area is 170 Å². The van der Waals surface area contributed by atoms with Crippen LogP contribution in [0.25, 0.3) is 11.1 Å². The highest BCUT2D eigenvalue weighted by molar-refractivity contribution is 7.92. The van der Waals surface area contributed by atoms with E-state index >= 15 is 0 Å². The zero-order valence-corrected chi connectivity index (χ0v) is 16.3. The molecule has 11 heteroatoms. The van der Waals surface area contributed by atoms with Crippen molar-refractivity contribution in [1.82, 2.24) is 9.78 Å². The second kappa shape index (κ2) is 8.46. The minimum absolute atomic E-state index is 0.0569. The number of aromatic nitrogens is 2. The summed E-state index contributed by atoms with van der Waals surface area (Å²) < 4.78 is 75.0. The maximum atomic E-state index is 14.2. The molecule has 1 N–H and O–H groups in total. The number of hydrogen-bond donors (Lipinski definition) is 1. The molecule has 0 fully saturated rings. The number of benzene rings is 2. The number of rotatable bonds is 7. The number of anilines is 1. The summed E-state index contributed by atoms with van der Waals surface area (Å²) in [4.78, 5) is -0.120. The maximum Gasteiger partial charge on any atom is 0.280 e. The number of nitrogens with one attached hydrogen (secondary N) is 1. The van der Waals surface area contributed by atoms with Gasteiger partial charge in [-0.1, -0.05) is 24.3 Å². The summed E-state index contributed by atoms with van der Waals surface area (Å²) in [7, 11) is -2.94. The number of alkyl halides is 2. The SMILES string of the molecule is COc1ccc(-c2c(NS(=O)(=O)c3ccccc3)nn(CC#N)c2C(F)F)cc1F. The van der Waals surface area contributed by atoms with E-state index in [1.807, 2.05) is 0 Å². The van der Waals surface area contributed by atoms with Gasteiger partial charge in [-0.2, -0.15) is 10.4 Å². The van der Waals surface area contributed by atoms with E-state index in [4.69, 9.17) is 10.00 Å². The molecule has 0 bridgehead atoms. The molecule has 0 saturated carbocycles. The summed E-state index contributed by atoms with van der Waals surface area (Å²) in [5, 5.41) is 12.8. The Balaban J connectivity index is 2.21. The summed E-state index contributed by atoms with van der Waals surface area (Å²) in [6.45, 7) is -0.557. The Kier molecular flexibility index (Phi) is 5.98. The largest absolute Gasteiger partial charge is 0.494 e. The van der Waals surface area contributed by atoms with Gasteiger partial charge in [0, 0.05) is 0 Å². The first-order chi connectivity index (χ1) is 14.3. The first-order valence-electron chi connectivity index (χ1n) is 8.46. The van der Waals surface area contributed by atoms with Crippen molar-refractivity contribution in [2.45, 2.75) is 17.9 Å². The third-order valence-corrected chi connectivity index (χ3v) is 5.50. The molecule has 3 rings (SSSR count). The standard InChI is InChI=1S/C19H15F3N4O3S/c1-29-15-8-7-12(11-14(15)20)16-17(18(21)22)26(10-9-23)24-19(16)25-30(27,28)13-5-3-2-4-6-13/h2-8,11,18H,10H2,1H3,(H,24,25). The zero-order valence-electron chi connectivity index (χ0n) is 15.5. The van der Waals surface area contributed by atoms with E-state index < -0.39 is 40.3 Å². The van der Waals surface area contributed by atoms with Crippen molar-refractivity contribution in [3.05, 3.63) is 60.0 Å². The predicted molar refractivity (Wildman–Crippen MR) is 102 cm³/mol. The van der Waals surface area contributed by atoms with Crippen LogP contribution in [0.4, 0.5) is 19.0 Å². The van der Waals surface area contributed by atoms with Gasteiger partial charge in [0.1, 0.15) is 12.2 Å². The topological polar surface area (TPSA) is 97.0 Å². The van der Waals surface area contributed by atoms with E-state index in [0.717, 1.165) is 6.07 Å². The summed E-state index contributed by atoms with van der Waals surface area (Å²) in [5.74, 6) is -1.40. The third kappa shape index (κ3) is 4.08. The number of sulfonamides is 1. The van der Waals surface area contributed by atoms with Crippen LogP contribution in [0.2, 0.25) is 0 Å². The van der Waals surface area contributed by atoms with Crippen LogP contribution in [-0.4, -0.2) is 25.3 Å². The van der Waals surface area contributed by atoms with E-state index in [-0.39, 0.29) is 21.8 Å². The summed E-state index contributed by atoms with van der Waals surface area (Å²) >= 11 is 0. The zero-order chi connectivity index (χ0) is 21.9. The lowest BCUT2D eigenvalue weighted by Crippen LogP contribution is -2.14. The van der Waals surface area contributed by atoms with E-state index in [1.165, 1.54) is 43.5 Å². The van der Waals surface area contributed by atoms with Crippen LogP contribution in [0.15, 0.2) is 53.4 Å². The molecule has 1 heterocycles. The maximum absolute atomic E-state index is 14.2. The van der Waals surface area contributed by atoms with E-state index in [2.05, 4.69) is 9.82 Å². The quantitative estimate of drug-likeness (QED) is 0.605. The van der Waals surface area contributed by atoms with Crippen LogP contribution in [0, 0.1) is 17.1 Å². The summed E-state index contributed by atoms with van der Waals surface area (Å²) in [5.41, 5.74) is -1.10. The smallest absolute Gasteiger partial charge is 0.280 e. The molecule has 3 aromatic rings. The lowest BCUT2D eigenvalue weighted by Gasteiger charge is -2.10. The average molecular weight is 436 g/mol. The molecule has 0 amide bonds. The van der Waals surface area contributed by atoms with Crippen molar-refractivity contribution in [2.24, 2.45) is 0 Å². The first kappa shape index (κ1) is 21.2. The highest BCUT2D eigenvalue weighted by Gasteiger charge is 2.29. The van der Waals surface area contributed by atoms with Gasteiger partial charge in [0.05, 0.1) is 23.6 Å². The molecule has 156 valence electrons. The molecule has 0 aliphatic carbocycles. The van der Waals surface area contributed by atoms with Crippen molar-refractivity contribution in [2.75, 3.05) is 11.8 Å². The van der Waals surface area contributed by atoms with Crippen LogP contribution in [0.5, 0.6) is 5.75 Å². The van der Waals surface area contributed by atoms with Crippen LogP contribution < -0.4 is 9.46 Å². The number of halogens is 3. The Bertz CT molecular complexity index is 1210. The fraction of sp³-hybridized carbons (Fsp3) is 0.158. The normalized spacial score (nSPS) is 11.3. The molecule has 0 aliphatic heterocycles. The molecule has 7 nitrogen and oxygen atoms in total. The molecular formula is C19H15F3N4O3S. The monoisotopic (exact) mass is 436 g/mol. The van der Waals surface area contributed by atoms with Gasteiger partial charge in [-0.25, -0.2) is 26.3 Å². The first-order valence-corrected chi connectivity index (χ1v) is 9.94. The predicted octanol–water partition coefficient (Wildman–Crippen LogP) is 3.96. The van der Waals surface area contributed by atoms with Gasteiger partial charge >= 0.3 is 0 Å². The molecule has 0 radical (unpaired) electrons. The van der Waals surface area contributed by atoms with Crippen LogP contribution in [0.3, 0.4) is 0 Å². The third-order valence-electron chi connectivity index (χ3n) is 4.14. The molecule has 0 aliphatic rings. The molecule has 0 spiro atoms. The van der Waals surface area contributed by atoms with Crippen molar-refractivity contribution < 1.29 is 26.3 Å². The van der Waals surface area contributed by atoms with Crippen LogP contribution in [-0.2, 0) is 16.6 Å². The average Bonchev–Trinajstić information content (AvgIpc) is 3.06. The molecular weight excluding hydrogens is 421 g/mol. The molecule has 0 atom stereocenters. The van der Waals surface area contributed by atoms with Gasteiger partial charge < -0.3 is 4.74 Å². The lowest BCUT2D eigenvalue weighted by molar-refractivity contribution is 0.140. The Morgan fingerprint density at radius 2 is 1.93 bits per heavy atom. The van der Waals surface area contributed by atoms with Gasteiger partial charge in [0.15, 0.2) is 17.4 Å². The second-order valence-corrected chi connectivity index (χ2v) is 7.68. The van der Waals surface area contributed by atoms with Crippen molar-refractivity contribution in [3.63, 3.8) is 0 Å². The van der Waals surface area contributed by atoms with Gasteiger partial charge in [-0.15, -0.1) is 0 Å². The minimum atomic E-state index is -4.18. The highest BCUT2D eigenvalue weighted by Crippen LogP contribution is 2.39. The van der Waals surface area contributed by atoms with E-state index in [1.54, 1.807) is 12.1 Å². The van der Waals surface area contributed by atoms with E-state index in [0.29, 0.717) is 4.68 Å². The number of hydrogen-bond acceptors (Lipinski definition) is 5. The molecule has 0 saturated heterocycles. The Morgan fingerprint density at radius 3 is 2.50 bits per heavy atom. The van der Waals surface area contributed by atoms with Crippen LogP contribution in [0.1, 0.15) is 12.1 Å². The van der Waals surface area contributed by atoms with Crippen molar-refractivity contribution in [1.29, 1.82) is 5.26 Å². The number of methoxy groups -OCH3 is 1. The molecule has 2 aromatic carbocycles. The fourth-order valence-corrected chi connectivity index (χ4v) is 3.88. The lowest BCUT2D eigenvalue weighted by atomic mass is 10.0. The van der Waals surface area contributed by atoms with Crippen molar-refractivity contribution >= 4 is 15.8 Å². The van der Waals surface area contributed by atoms with E-state index in [9.17, 15) is 21.6 Å².